The fraction of sp³-hybridized carbons (Fsp3) is 0.200. The van der Waals surface area contributed by atoms with Crippen molar-refractivity contribution in [3.8, 4) is 0 Å². The number of benzene rings is 4. The molecule has 0 radical (unpaired) electrons. The van der Waals surface area contributed by atoms with Gasteiger partial charge in [0, 0.05) is 40.1 Å². The summed E-state index contributed by atoms with van der Waals surface area (Å²) in [6, 6.07) is 39.0. The Morgan fingerprint density at radius 3 is 1.14 bits per heavy atom. The van der Waals surface area contributed by atoms with E-state index >= 15 is 0 Å². The fourth-order valence-corrected chi connectivity index (χ4v) is 9.62. The van der Waals surface area contributed by atoms with E-state index in [4.69, 9.17) is 4.74 Å². The fourth-order valence-electron chi connectivity index (χ4n) is 4.32. The average Bonchev–Trinajstić information content (AvgIpc) is 2.94. The summed E-state index contributed by atoms with van der Waals surface area (Å²) in [4.78, 5) is 0. The molecule has 0 aliphatic carbocycles. The molecular formula is C30H32O3P2. The minimum absolute atomic E-state index is 0.427. The zero-order valence-electron chi connectivity index (χ0n) is 19.9. The molecule has 0 aliphatic rings. The molecule has 4 aromatic carbocycles. The van der Waals surface area contributed by atoms with Crippen LogP contribution in [-0.4, -0.2) is 25.5 Å². The minimum atomic E-state index is -2.76. The van der Waals surface area contributed by atoms with Crippen LogP contribution in [0.4, 0.5) is 0 Å². The second kappa shape index (κ2) is 12.3. The highest BCUT2D eigenvalue weighted by atomic mass is 31.2. The highest BCUT2D eigenvalue weighted by Gasteiger charge is 2.27. The van der Waals surface area contributed by atoms with Crippen molar-refractivity contribution in [2.24, 2.45) is 0 Å². The van der Waals surface area contributed by atoms with Crippen LogP contribution in [0.3, 0.4) is 0 Å². The highest BCUT2D eigenvalue weighted by molar-refractivity contribution is 7.79. The topological polar surface area (TPSA) is 43.4 Å². The molecule has 4 aromatic rings. The van der Waals surface area contributed by atoms with Gasteiger partial charge in [-0.3, -0.25) is 0 Å². The second-order valence-electron chi connectivity index (χ2n) is 8.59. The summed E-state index contributed by atoms with van der Waals surface area (Å²) in [5.41, 5.74) is 0. The first-order valence-electron chi connectivity index (χ1n) is 12.1. The summed E-state index contributed by atoms with van der Waals surface area (Å²) in [5.74, 6) is 0. The molecule has 5 heteroatoms. The molecular weight excluding hydrogens is 470 g/mol. The van der Waals surface area contributed by atoms with Crippen LogP contribution in [0.2, 0.25) is 0 Å². The van der Waals surface area contributed by atoms with Crippen molar-refractivity contribution in [2.75, 3.05) is 25.5 Å². The third kappa shape index (κ3) is 6.30. The van der Waals surface area contributed by atoms with Crippen LogP contribution in [0.5, 0.6) is 0 Å². The van der Waals surface area contributed by atoms with Gasteiger partial charge in [0.15, 0.2) is 0 Å². The monoisotopic (exact) mass is 502 g/mol. The van der Waals surface area contributed by atoms with Crippen molar-refractivity contribution >= 4 is 35.5 Å². The van der Waals surface area contributed by atoms with Crippen molar-refractivity contribution in [3.63, 3.8) is 0 Å². The Morgan fingerprint density at radius 2 is 0.771 bits per heavy atom. The lowest BCUT2D eigenvalue weighted by molar-refractivity contribution is 0.146. The van der Waals surface area contributed by atoms with Gasteiger partial charge in [0.25, 0.3) is 0 Å². The predicted molar refractivity (Wildman–Crippen MR) is 149 cm³/mol. The molecule has 3 nitrogen and oxygen atoms in total. The number of hydrogen-bond acceptors (Lipinski definition) is 3. The molecule has 4 rings (SSSR count). The third-order valence-electron chi connectivity index (χ3n) is 6.26. The van der Waals surface area contributed by atoms with Crippen molar-refractivity contribution in [3.05, 3.63) is 121 Å². The number of hydrogen-bond donors (Lipinski definition) is 0. The molecule has 0 saturated carbocycles. The molecule has 0 heterocycles. The van der Waals surface area contributed by atoms with Crippen LogP contribution >= 0.6 is 14.3 Å². The summed E-state index contributed by atoms with van der Waals surface area (Å²) in [7, 11) is -5.44. The summed E-state index contributed by atoms with van der Waals surface area (Å²) in [5, 5.41) is 3.53. The first-order valence-corrected chi connectivity index (χ1v) is 15.9. The van der Waals surface area contributed by atoms with E-state index in [-0.39, 0.29) is 0 Å². The SMILES string of the molecule is O=P(CCCCOCCP(=O)(c1ccccc1)c1ccccc1)(c1ccccc1)c1ccccc1. The second-order valence-corrected chi connectivity index (χ2v) is 14.5. The van der Waals surface area contributed by atoms with Crippen LogP contribution < -0.4 is 21.2 Å². The largest absolute Gasteiger partial charge is 0.381 e. The molecule has 0 spiro atoms. The van der Waals surface area contributed by atoms with Gasteiger partial charge in [-0.05, 0) is 12.8 Å². The molecule has 0 unspecified atom stereocenters. The van der Waals surface area contributed by atoms with E-state index in [2.05, 4.69) is 0 Å². The minimum Gasteiger partial charge on any atom is -0.381 e. The standard InChI is InChI=1S/C30H32O3P2/c31-34(27-15-5-1-6-16-27,28-17-7-2-8-18-28)25-14-13-23-33-24-26-35(32,29-19-9-3-10-20-29)30-21-11-4-12-22-30/h1-12,15-22H,13-14,23-26H2. The van der Waals surface area contributed by atoms with Gasteiger partial charge in [-0.1, -0.05) is 121 Å². The molecule has 0 aromatic heterocycles. The van der Waals surface area contributed by atoms with Crippen LogP contribution in [-0.2, 0) is 13.9 Å². The quantitative estimate of drug-likeness (QED) is 0.181. The van der Waals surface area contributed by atoms with Gasteiger partial charge in [-0.15, -0.1) is 0 Å². The van der Waals surface area contributed by atoms with E-state index in [1.807, 2.05) is 121 Å². The van der Waals surface area contributed by atoms with Crippen LogP contribution in [0.1, 0.15) is 12.8 Å². The van der Waals surface area contributed by atoms with E-state index in [9.17, 15) is 9.13 Å². The van der Waals surface area contributed by atoms with E-state index in [0.717, 1.165) is 34.1 Å². The Hall–Kier alpha value is -2.70. The van der Waals surface area contributed by atoms with Gasteiger partial charge >= 0.3 is 0 Å². The van der Waals surface area contributed by atoms with Gasteiger partial charge < -0.3 is 13.9 Å². The molecule has 0 fully saturated rings. The van der Waals surface area contributed by atoms with Gasteiger partial charge in [-0.2, -0.15) is 0 Å². The number of unbranched alkanes of at least 4 members (excludes halogenated alkanes) is 1. The van der Waals surface area contributed by atoms with Gasteiger partial charge in [-0.25, -0.2) is 0 Å². The lowest BCUT2D eigenvalue weighted by Gasteiger charge is -2.20. The number of ether oxygens (including phenoxy) is 1. The summed E-state index contributed by atoms with van der Waals surface area (Å²) in [6.07, 6.45) is 2.69. The maximum Gasteiger partial charge on any atom is 0.145 e. The van der Waals surface area contributed by atoms with Crippen LogP contribution in [0, 0.1) is 0 Å². The summed E-state index contributed by atoms with van der Waals surface area (Å²) < 4.78 is 34.0. The van der Waals surface area contributed by atoms with E-state index in [0.29, 0.717) is 25.5 Å². The van der Waals surface area contributed by atoms with E-state index in [1.165, 1.54) is 0 Å². The molecule has 180 valence electrons. The maximum absolute atomic E-state index is 14.1. The van der Waals surface area contributed by atoms with Crippen molar-refractivity contribution in [2.45, 2.75) is 12.8 Å². The zero-order valence-corrected chi connectivity index (χ0v) is 21.7. The molecule has 35 heavy (non-hydrogen) atoms. The zero-order chi connectivity index (χ0) is 24.4. The maximum atomic E-state index is 14.1. The van der Waals surface area contributed by atoms with Crippen molar-refractivity contribution in [1.82, 2.24) is 0 Å². The summed E-state index contributed by atoms with van der Waals surface area (Å²) >= 11 is 0. The molecule has 0 bridgehead atoms. The number of rotatable bonds is 12. The smallest absolute Gasteiger partial charge is 0.145 e. The van der Waals surface area contributed by atoms with E-state index < -0.39 is 14.3 Å². The van der Waals surface area contributed by atoms with E-state index in [1.54, 1.807) is 0 Å². The van der Waals surface area contributed by atoms with Crippen LogP contribution in [0.15, 0.2) is 121 Å². The first-order chi connectivity index (χ1) is 17.1. The molecule has 0 N–H and O–H groups in total. The Labute approximate surface area is 208 Å². The van der Waals surface area contributed by atoms with Crippen molar-refractivity contribution in [1.29, 1.82) is 0 Å². The van der Waals surface area contributed by atoms with Gasteiger partial charge in [0.1, 0.15) is 14.3 Å². The third-order valence-corrected chi connectivity index (χ3v) is 12.5. The normalized spacial score (nSPS) is 11.9. The molecule has 0 aliphatic heterocycles. The molecule has 0 amide bonds. The lowest BCUT2D eigenvalue weighted by Crippen LogP contribution is -2.21. The van der Waals surface area contributed by atoms with Crippen LogP contribution in [0.25, 0.3) is 0 Å². The summed E-state index contributed by atoms with van der Waals surface area (Å²) in [6.45, 7) is 0.989. The Kier molecular flexibility index (Phi) is 8.94. The molecule has 0 atom stereocenters. The van der Waals surface area contributed by atoms with Gasteiger partial charge in [0.05, 0.1) is 6.61 Å². The van der Waals surface area contributed by atoms with Gasteiger partial charge in [0.2, 0.25) is 0 Å². The highest BCUT2D eigenvalue weighted by Crippen LogP contribution is 2.44. The Balaban J connectivity index is 1.33. The predicted octanol–water partition coefficient (Wildman–Crippen LogP) is 5.81. The Bertz CT molecular complexity index is 1070. The lowest BCUT2D eigenvalue weighted by atomic mass is 10.3. The average molecular weight is 503 g/mol. The Morgan fingerprint density at radius 1 is 0.429 bits per heavy atom. The molecule has 0 saturated heterocycles. The van der Waals surface area contributed by atoms with Crippen molar-refractivity contribution < 1.29 is 13.9 Å². The first kappa shape index (κ1) is 25.4.